The van der Waals surface area contributed by atoms with Gasteiger partial charge in [0.2, 0.25) is 0 Å². The number of anilines is 2. The first-order valence-electron chi connectivity index (χ1n) is 8.37. The molecule has 0 aliphatic heterocycles. The number of benzene rings is 2. The van der Waals surface area contributed by atoms with Crippen molar-refractivity contribution in [2.75, 3.05) is 23.8 Å². The number of nitrogens with one attached hydrogen (secondary N) is 2. The Hall–Kier alpha value is -3.56. The molecule has 0 saturated heterocycles. The van der Waals surface area contributed by atoms with Gasteiger partial charge in [-0.3, -0.25) is 10.1 Å². The van der Waals surface area contributed by atoms with Crippen LogP contribution in [0, 0.1) is 0 Å². The fourth-order valence-electron chi connectivity index (χ4n) is 2.19. The lowest BCUT2D eigenvalue weighted by molar-refractivity contribution is -0.137. The van der Waals surface area contributed by atoms with Gasteiger partial charge in [0.15, 0.2) is 6.61 Å². The molecule has 2 rings (SSSR count). The third kappa shape index (κ3) is 6.83. The van der Waals surface area contributed by atoms with Crippen LogP contribution < -0.4 is 10.6 Å². The highest BCUT2D eigenvalue weighted by Gasteiger charge is 2.30. The van der Waals surface area contributed by atoms with Crippen LogP contribution in [0.5, 0.6) is 0 Å². The second kappa shape index (κ2) is 9.58. The minimum absolute atomic E-state index is 0.0613. The summed E-state index contributed by atoms with van der Waals surface area (Å²) in [5.41, 5.74) is -0.655. The van der Waals surface area contributed by atoms with Crippen molar-refractivity contribution in [1.82, 2.24) is 0 Å². The average molecular weight is 410 g/mol. The molecular weight excluding hydrogens is 393 g/mol. The van der Waals surface area contributed by atoms with Crippen LogP contribution in [0.3, 0.4) is 0 Å². The number of rotatable bonds is 6. The van der Waals surface area contributed by atoms with Gasteiger partial charge in [-0.25, -0.2) is 9.59 Å². The molecule has 0 radical (unpaired) electrons. The summed E-state index contributed by atoms with van der Waals surface area (Å²) in [6, 6.07) is 9.80. The summed E-state index contributed by atoms with van der Waals surface area (Å²) in [7, 11) is 0. The van der Waals surface area contributed by atoms with Gasteiger partial charge in [-0.2, -0.15) is 13.2 Å². The summed E-state index contributed by atoms with van der Waals surface area (Å²) >= 11 is 0. The molecule has 0 spiro atoms. The molecule has 154 valence electrons. The first-order chi connectivity index (χ1) is 13.7. The number of esters is 1. The fraction of sp³-hybridized carbons (Fsp3) is 0.211. The summed E-state index contributed by atoms with van der Waals surface area (Å²) < 4.78 is 47.6. The Kier molecular flexibility index (Phi) is 7.18. The zero-order valence-corrected chi connectivity index (χ0v) is 15.2. The smallest absolute Gasteiger partial charge is 0.416 e. The average Bonchev–Trinajstić information content (AvgIpc) is 2.66. The summed E-state index contributed by atoms with van der Waals surface area (Å²) in [5.74, 6) is -1.66. The van der Waals surface area contributed by atoms with E-state index in [0.717, 1.165) is 18.2 Å². The van der Waals surface area contributed by atoms with E-state index in [-0.39, 0.29) is 23.5 Å². The maximum absolute atomic E-state index is 12.7. The zero-order chi connectivity index (χ0) is 21.4. The molecule has 10 heteroatoms. The molecule has 0 fully saturated rings. The number of amides is 2. The van der Waals surface area contributed by atoms with Crippen molar-refractivity contribution in [3.05, 3.63) is 59.7 Å². The van der Waals surface area contributed by atoms with Crippen molar-refractivity contribution in [2.24, 2.45) is 0 Å². The second-order valence-corrected chi connectivity index (χ2v) is 5.63. The lowest BCUT2D eigenvalue weighted by atomic mass is 10.2. The van der Waals surface area contributed by atoms with Gasteiger partial charge in [0.05, 0.1) is 17.7 Å². The molecule has 2 N–H and O–H groups in total. The Morgan fingerprint density at radius 2 is 1.59 bits per heavy atom. The molecule has 7 nitrogen and oxygen atoms in total. The maximum Gasteiger partial charge on any atom is 0.416 e. The van der Waals surface area contributed by atoms with E-state index in [1.54, 1.807) is 6.92 Å². The lowest BCUT2D eigenvalue weighted by Crippen LogP contribution is -2.21. The van der Waals surface area contributed by atoms with Crippen molar-refractivity contribution in [3.63, 3.8) is 0 Å². The number of halogens is 3. The second-order valence-electron chi connectivity index (χ2n) is 5.63. The van der Waals surface area contributed by atoms with Crippen LogP contribution >= 0.6 is 0 Å². The number of hydrogen-bond donors (Lipinski definition) is 2. The molecule has 0 aromatic heterocycles. The van der Waals surface area contributed by atoms with Crippen molar-refractivity contribution >= 4 is 29.3 Å². The molecule has 2 aromatic rings. The predicted octanol–water partition coefficient (Wildman–Crippen LogP) is 4.07. The van der Waals surface area contributed by atoms with Crippen molar-refractivity contribution in [3.8, 4) is 0 Å². The van der Waals surface area contributed by atoms with Crippen LogP contribution in [0.4, 0.5) is 29.3 Å². The quantitative estimate of drug-likeness (QED) is 0.701. The van der Waals surface area contributed by atoms with E-state index in [4.69, 9.17) is 9.47 Å². The number of ether oxygens (including phenoxy) is 2. The lowest BCUT2D eigenvalue weighted by Gasteiger charge is -2.10. The molecule has 2 amide bonds. The molecule has 0 saturated carbocycles. The van der Waals surface area contributed by atoms with Crippen LogP contribution in [0.1, 0.15) is 22.8 Å². The molecule has 0 bridgehead atoms. The summed E-state index contributed by atoms with van der Waals surface area (Å²) in [6.45, 7) is 1.11. The SMILES string of the molecule is CCOC(=O)Nc1cccc(C(=O)OCC(=O)Nc2cccc(C(F)(F)F)c2)c1. The molecule has 0 atom stereocenters. The Labute approximate surface area is 163 Å². The number of carbonyl (C=O) groups is 3. The monoisotopic (exact) mass is 410 g/mol. The van der Waals surface area contributed by atoms with Gasteiger partial charge < -0.3 is 14.8 Å². The molecular formula is C19H17F3N2O5. The van der Waals surface area contributed by atoms with Gasteiger partial charge in [-0.15, -0.1) is 0 Å². The Morgan fingerprint density at radius 1 is 0.931 bits per heavy atom. The highest BCUT2D eigenvalue weighted by Crippen LogP contribution is 2.30. The van der Waals surface area contributed by atoms with Gasteiger partial charge in [0.25, 0.3) is 5.91 Å². The summed E-state index contributed by atoms with van der Waals surface area (Å²) in [5, 5.41) is 4.64. The van der Waals surface area contributed by atoms with Crippen molar-refractivity contribution in [2.45, 2.75) is 13.1 Å². The number of alkyl halides is 3. The van der Waals surface area contributed by atoms with E-state index in [1.165, 1.54) is 30.3 Å². The van der Waals surface area contributed by atoms with Gasteiger partial charge >= 0.3 is 18.2 Å². The van der Waals surface area contributed by atoms with E-state index in [9.17, 15) is 27.6 Å². The highest BCUT2D eigenvalue weighted by atomic mass is 19.4. The summed E-state index contributed by atoms with van der Waals surface area (Å²) in [6.07, 6.45) is -5.24. The molecule has 0 unspecified atom stereocenters. The zero-order valence-electron chi connectivity index (χ0n) is 15.2. The molecule has 0 aliphatic rings. The van der Waals surface area contributed by atoms with Gasteiger partial charge in [0.1, 0.15) is 0 Å². The van der Waals surface area contributed by atoms with Crippen LogP contribution in [0.2, 0.25) is 0 Å². The molecule has 0 heterocycles. The van der Waals surface area contributed by atoms with Crippen molar-refractivity contribution in [1.29, 1.82) is 0 Å². The van der Waals surface area contributed by atoms with Crippen LogP contribution in [-0.2, 0) is 20.4 Å². The van der Waals surface area contributed by atoms with E-state index in [2.05, 4.69) is 10.6 Å². The van der Waals surface area contributed by atoms with Gasteiger partial charge in [-0.05, 0) is 43.3 Å². The van der Waals surface area contributed by atoms with Gasteiger partial charge in [-0.1, -0.05) is 12.1 Å². The third-order valence-corrected chi connectivity index (χ3v) is 3.43. The van der Waals surface area contributed by atoms with Crippen LogP contribution in [0.15, 0.2) is 48.5 Å². The largest absolute Gasteiger partial charge is 0.452 e. The van der Waals surface area contributed by atoms with E-state index >= 15 is 0 Å². The molecule has 2 aromatic carbocycles. The Balaban J connectivity index is 1.92. The Morgan fingerprint density at radius 3 is 2.24 bits per heavy atom. The minimum Gasteiger partial charge on any atom is -0.452 e. The van der Waals surface area contributed by atoms with Crippen LogP contribution in [-0.4, -0.2) is 31.2 Å². The predicted molar refractivity (Wildman–Crippen MR) is 97.4 cm³/mol. The standard InChI is InChI=1S/C19H17F3N2O5/c1-2-28-18(27)24-14-7-3-5-12(9-14)17(26)29-11-16(25)23-15-8-4-6-13(10-15)19(20,21)22/h3-10H,2,11H2,1H3,(H,23,25)(H,24,27). The highest BCUT2D eigenvalue weighted by molar-refractivity contribution is 5.96. The number of carbonyl (C=O) groups excluding carboxylic acids is 3. The minimum atomic E-state index is -4.55. The third-order valence-electron chi connectivity index (χ3n) is 3.43. The van der Waals surface area contributed by atoms with E-state index in [0.29, 0.717) is 0 Å². The first kappa shape index (κ1) is 21.7. The van der Waals surface area contributed by atoms with Gasteiger partial charge in [0, 0.05) is 11.4 Å². The van der Waals surface area contributed by atoms with E-state index in [1.807, 2.05) is 0 Å². The normalized spacial score (nSPS) is 10.8. The topological polar surface area (TPSA) is 93.7 Å². The summed E-state index contributed by atoms with van der Waals surface area (Å²) in [4.78, 5) is 35.3. The molecule has 0 aliphatic carbocycles. The Bertz CT molecular complexity index is 899. The van der Waals surface area contributed by atoms with E-state index < -0.39 is 36.3 Å². The number of hydrogen-bond acceptors (Lipinski definition) is 5. The maximum atomic E-state index is 12.7. The fourth-order valence-corrected chi connectivity index (χ4v) is 2.19. The first-order valence-corrected chi connectivity index (χ1v) is 8.37. The van der Waals surface area contributed by atoms with Crippen LogP contribution in [0.25, 0.3) is 0 Å². The van der Waals surface area contributed by atoms with Crippen molar-refractivity contribution < 1.29 is 37.0 Å². The molecule has 29 heavy (non-hydrogen) atoms.